The normalized spacial score (nSPS) is 11.3. The highest BCUT2D eigenvalue weighted by molar-refractivity contribution is 6.84. The number of benzene rings is 2. The van der Waals surface area contributed by atoms with Crippen LogP contribution in [0.4, 0.5) is 8.78 Å². The molecule has 1 nitrogen and oxygen atoms in total. The fraction of sp³-hybridized carbons (Fsp3) is 0.143. The van der Waals surface area contributed by atoms with Gasteiger partial charge in [0.05, 0.1) is 0 Å². The highest BCUT2D eigenvalue weighted by Crippen LogP contribution is 2.21. The van der Waals surface area contributed by atoms with E-state index in [0.717, 1.165) is 11.3 Å². The van der Waals surface area contributed by atoms with Crippen molar-refractivity contribution in [2.24, 2.45) is 0 Å². The average Bonchev–Trinajstić information content (AvgIpc) is 2.34. The van der Waals surface area contributed by atoms with Crippen LogP contribution in [0, 0.1) is 11.6 Å². The Hall–Kier alpha value is -1.68. The van der Waals surface area contributed by atoms with E-state index in [4.69, 9.17) is 4.43 Å². The molecular weight excluding hydrogens is 250 g/mol. The first-order chi connectivity index (χ1) is 8.49. The number of hydrogen-bond acceptors (Lipinski definition) is 1. The quantitative estimate of drug-likeness (QED) is 0.771. The van der Waals surface area contributed by atoms with Crippen LogP contribution in [0.2, 0.25) is 13.1 Å². The summed E-state index contributed by atoms with van der Waals surface area (Å²) in [5, 5.41) is 1.06. The van der Waals surface area contributed by atoms with Gasteiger partial charge < -0.3 is 4.43 Å². The summed E-state index contributed by atoms with van der Waals surface area (Å²) in [6, 6.07) is 13.1. The first-order valence-electron chi connectivity index (χ1n) is 5.68. The minimum Gasteiger partial charge on any atom is -0.538 e. The first kappa shape index (κ1) is 12.8. The predicted octanol–water partition coefficient (Wildman–Crippen LogP) is 3.46. The molecule has 2 aromatic carbocycles. The molecule has 0 bridgehead atoms. The minimum atomic E-state index is -2.23. The molecular formula is C14H14F2OSi. The van der Waals surface area contributed by atoms with E-state index in [1.165, 1.54) is 12.1 Å². The van der Waals surface area contributed by atoms with Crippen molar-refractivity contribution in [2.45, 2.75) is 13.1 Å². The van der Waals surface area contributed by atoms with Gasteiger partial charge in [0.15, 0.2) is 5.82 Å². The van der Waals surface area contributed by atoms with E-state index in [2.05, 4.69) is 0 Å². The van der Waals surface area contributed by atoms with Crippen LogP contribution >= 0.6 is 0 Å². The summed E-state index contributed by atoms with van der Waals surface area (Å²) >= 11 is 0. The molecule has 0 saturated heterocycles. The van der Waals surface area contributed by atoms with E-state index < -0.39 is 20.0 Å². The zero-order chi connectivity index (χ0) is 13.2. The third-order valence-corrected chi connectivity index (χ3v) is 5.18. The molecule has 0 atom stereocenters. The Morgan fingerprint density at radius 1 is 0.944 bits per heavy atom. The van der Waals surface area contributed by atoms with Crippen LogP contribution < -0.4 is 9.61 Å². The van der Waals surface area contributed by atoms with Crippen molar-refractivity contribution in [1.82, 2.24) is 0 Å². The van der Waals surface area contributed by atoms with E-state index in [1.54, 1.807) is 0 Å². The maximum Gasteiger partial charge on any atom is 0.276 e. The Morgan fingerprint density at radius 3 is 2.22 bits per heavy atom. The van der Waals surface area contributed by atoms with E-state index >= 15 is 0 Å². The fourth-order valence-electron chi connectivity index (χ4n) is 1.73. The maximum atomic E-state index is 13.6. The van der Waals surface area contributed by atoms with Gasteiger partial charge in [0.1, 0.15) is 11.6 Å². The summed E-state index contributed by atoms with van der Waals surface area (Å²) in [6.45, 7) is 3.95. The van der Waals surface area contributed by atoms with E-state index in [0.29, 0.717) is 0 Å². The summed E-state index contributed by atoms with van der Waals surface area (Å²) in [7, 11) is -2.23. The highest BCUT2D eigenvalue weighted by atomic mass is 28.4. The Labute approximate surface area is 106 Å². The molecule has 0 saturated carbocycles. The Morgan fingerprint density at radius 2 is 1.61 bits per heavy atom. The zero-order valence-corrected chi connectivity index (χ0v) is 11.3. The molecule has 0 radical (unpaired) electrons. The van der Waals surface area contributed by atoms with Crippen LogP contribution in [0.3, 0.4) is 0 Å². The van der Waals surface area contributed by atoms with Gasteiger partial charge in [0, 0.05) is 6.07 Å². The maximum absolute atomic E-state index is 13.6. The monoisotopic (exact) mass is 264 g/mol. The molecule has 0 spiro atoms. The van der Waals surface area contributed by atoms with Crippen LogP contribution in [0.15, 0.2) is 48.5 Å². The summed E-state index contributed by atoms with van der Waals surface area (Å²) in [6.07, 6.45) is 0. The third kappa shape index (κ3) is 2.76. The molecule has 94 valence electrons. The Kier molecular flexibility index (Phi) is 3.47. The van der Waals surface area contributed by atoms with Crippen LogP contribution in [0.25, 0.3) is 0 Å². The van der Waals surface area contributed by atoms with Gasteiger partial charge in [-0.3, -0.25) is 0 Å². The standard InChI is InChI=1S/C14H14F2OSi/c1-18(2,12-6-4-3-5-7-12)17-14-9-8-11(15)10-13(14)16/h3-10H,1-2H3. The first-order valence-corrected chi connectivity index (χ1v) is 8.59. The molecule has 0 aliphatic carbocycles. The van der Waals surface area contributed by atoms with E-state index in [9.17, 15) is 8.78 Å². The lowest BCUT2D eigenvalue weighted by Gasteiger charge is -2.24. The van der Waals surface area contributed by atoms with Crippen LogP contribution in [-0.4, -0.2) is 8.32 Å². The van der Waals surface area contributed by atoms with Gasteiger partial charge in [-0.05, 0) is 30.4 Å². The molecule has 0 aliphatic heterocycles. The summed E-state index contributed by atoms with van der Waals surface area (Å²) in [4.78, 5) is 0. The van der Waals surface area contributed by atoms with Crippen molar-refractivity contribution in [2.75, 3.05) is 0 Å². The largest absolute Gasteiger partial charge is 0.538 e. The lowest BCUT2D eigenvalue weighted by Crippen LogP contribution is -2.47. The zero-order valence-electron chi connectivity index (χ0n) is 10.3. The van der Waals surface area contributed by atoms with Crippen LogP contribution in [0.1, 0.15) is 0 Å². The van der Waals surface area contributed by atoms with Crippen LogP contribution in [0.5, 0.6) is 5.75 Å². The molecule has 4 heteroatoms. The second-order valence-corrected chi connectivity index (χ2v) is 8.36. The van der Waals surface area contributed by atoms with Gasteiger partial charge >= 0.3 is 0 Å². The second-order valence-electron chi connectivity index (χ2n) is 4.55. The van der Waals surface area contributed by atoms with Crippen molar-refractivity contribution < 1.29 is 13.2 Å². The molecule has 0 amide bonds. The summed E-state index contributed by atoms with van der Waals surface area (Å²) in [5.74, 6) is -1.15. The Balaban J connectivity index is 2.28. The van der Waals surface area contributed by atoms with Gasteiger partial charge in [0.25, 0.3) is 8.32 Å². The van der Waals surface area contributed by atoms with Crippen molar-refractivity contribution >= 4 is 13.5 Å². The molecule has 0 aromatic heterocycles. The van der Waals surface area contributed by atoms with Gasteiger partial charge in [-0.2, -0.15) is 0 Å². The smallest absolute Gasteiger partial charge is 0.276 e. The molecule has 0 fully saturated rings. The molecule has 0 heterocycles. The molecule has 2 rings (SSSR count). The topological polar surface area (TPSA) is 9.23 Å². The third-order valence-electron chi connectivity index (χ3n) is 2.73. The predicted molar refractivity (Wildman–Crippen MR) is 70.5 cm³/mol. The molecule has 0 N–H and O–H groups in total. The van der Waals surface area contributed by atoms with Gasteiger partial charge in [-0.25, -0.2) is 8.78 Å². The van der Waals surface area contributed by atoms with Crippen molar-refractivity contribution in [3.8, 4) is 5.75 Å². The molecule has 0 unspecified atom stereocenters. The van der Waals surface area contributed by atoms with E-state index in [-0.39, 0.29) is 5.75 Å². The average molecular weight is 264 g/mol. The van der Waals surface area contributed by atoms with Crippen molar-refractivity contribution in [1.29, 1.82) is 0 Å². The van der Waals surface area contributed by atoms with Gasteiger partial charge in [0.2, 0.25) is 0 Å². The van der Waals surface area contributed by atoms with Crippen LogP contribution in [-0.2, 0) is 0 Å². The number of halogens is 2. The molecule has 18 heavy (non-hydrogen) atoms. The second kappa shape index (κ2) is 4.90. The number of hydrogen-bond donors (Lipinski definition) is 0. The minimum absolute atomic E-state index is 0.108. The van der Waals surface area contributed by atoms with E-state index in [1.807, 2.05) is 43.4 Å². The molecule has 2 aromatic rings. The van der Waals surface area contributed by atoms with Crippen molar-refractivity contribution in [3.63, 3.8) is 0 Å². The lowest BCUT2D eigenvalue weighted by atomic mass is 10.3. The summed E-state index contributed by atoms with van der Waals surface area (Å²) in [5.41, 5.74) is 0. The lowest BCUT2D eigenvalue weighted by molar-refractivity contribution is 0.490. The SMILES string of the molecule is C[Si](C)(Oc1ccc(F)cc1F)c1ccccc1. The highest BCUT2D eigenvalue weighted by Gasteiger charge is 2.28. The van der Waals surface area contributed by atoms with Crippen molar-refractivity contribution in [3.05, 3.63) is 60.2 Å². The molecule has 0 aliphatic rings. The summed E-state index contributed by atoms with van der Waals surface area (Å²) < 4.78 is 32.1. The fourth-order valence-corrected chi connectivity index (χ4v) is 3.56. The Bertz CT molecular complexity index is 541. The van der Waals surface area contributed by atoms with Gasteiger partial charge in [-0.1, -0.05) is 30.3 Å². The van der Waals surface area contributed by atoms with Gasteiger partial charge in [-0.15, -0.1) is 0 Å². The number of rotatable bonds is 3.